The molecule has 35 heavy (non-hydrogen) atoms. The van der Waals surface area contributed by atoms with E-state index in [2.05, 4.69) is 27.2 Å². The summed E-state index contributed by atoms with van der Waals surface area (Å²) in [6.07, 6.45) is 6.04. The molecular formula is C26H26FN5O3. The zero-order valence-electron chi connectivity index (χ0n) is 19.7. The summed E-state index contributed by atoms with van der Waals surface area (Å²) in [5.41, 5.74) is 2.81. The number of rotatable bonds is 3. The van der Waals surface area contributed by atoms with E-state index in [0.29, 0.717) is 24.8 Å². The summed E-state index contributed by atoms with van der Waals surface area (Å²) in [4.78, 5) is 31.1. The predicted molar refractivity (Wildman–Crippen MR) is 128 cm³/mol. The number of hydrogen-bond acceptors (Lipinski definition) is 5. The van der Waals surface area contributed by atoms with Crippen molar-refractivity contribution in [3.05, 3.63) is 77.1 Å². The fourth-order valence-electron chi connectivity index (χ4n) is 3.82. The molecule has 0 saturated heterocycles. The predicted octanol–water partition coefficient (Wildman–Crippen LogP) is 2.67. The molecule has 1 aromatic carbocycles. The van der Waals surface area contributed by atoms with E-state index in [1.807, 2.05) is 18.2 Å². The van der Waals surface area contributed by atoms with Gasteiger partial charge in [0.15, 0.2) is 0 Å². The molecule has 0 aliphatic carbocycles. The van der Waals surface area contributed by atoms with Gasteiger partial charge in [-0.05, 0) is 61.6 Å². The van der Waals surface area contributed by atoms with Crippen LogP contribution in [0, 0.1) is 17.8 Å². The van der Waals surface area contributed by atoms with E-state index in [4.69, 9.17) is 0 Å². The Balaban J connectivity index is 1.45. The van der Waals surface area contributed by atoms with Crippen molar-refractivity contribution in [2.24, 2.45) is 0 Å². The van der Waals surface area contributed by atoms with Crippen LogP contribution in [-0.4, -0.2) is 50.5 Å². The van der Waals surface area contributed by atoms with Gasteiger partial charge in [-0.2, -0.15) is 14.2 Å². The molecule has 9 heteroatoms. The Morgan fingerprint density at radius 2 is 2.06 bits per heavy atom. The lowest BCUT2D eigenvalue weighted by Gasteiger charge is -2.22. The zero-order valence-corrected chi connectivity index (χ0v) is 19.7. The van der Waals surface area contributed by atoms with Crippen LogP contribution in [0.15, 0.2) is 48.9 Å². The molecule has 0 radical (unpaired) electrons. The van der Waals surface area contributed by atoms with Gasteiger partial charge in [-0.3, -0.25) is 4.79 Å². The first-order valence-corrected chi connectivity index (χ1v) is 11.2. The summed E-state index contributed by atoms with van der Waals surface area (Å²) in [5, 5.41) is 16.7. The molecule has 3 aromatic rings. The van der Waals surface area contributed by atoms with E-state index in [0.717, 1.165) is 27.1 Å². The number of anilines is 1. The highest BCUT2D eigenvalue weighted by molar-refractivity contribution is 6.00. The maximum atomic E-state index is 13.1. The number of hydrogen-bond donors (Lipinski definition) is 2. The number of carbonyl (C=O) groups excluding carboxylic acids is 2. The standard InChI is InChI=1S/C26H26FN5O3/c1-26(2,35)11-10-17-4-6-20-7-8-21(24(33)31(3)22(20)13-17)30-25(34)32-16-19(15-29-32)12-18-5-9-23(27)28-14-18/h4-6,9,13-16,21,35H,7-8,12H2,1-3H3,(H,30,34)/t21-/m1/s1. The minimum atomic E-state index is -1.12. The Hall–Kier alpha value is -4.03. The Morgan fingerprint density at radius 3 is 2.77 bits per heavy atom. The number of halogens is 1. The van der Waals surface area contributed by atoms with Crippen LogP contribution in [0.2, 0.25) is 0 Å². The van der Waals surface area contributed by atoms with Crippen molar-refractivity contribution in [3.63, 3.8) is 0 Å². The van der Waals surface area contributed by atoms with E-state index in [1.54, 1.807) is 39.4 Å². The Bertz CT molecular complexity index is 1320. The van der Waals surface area contributed by atoms with Gasteiger partial charge in [0, 0.05) is 37.1 Å². The fourth-order valence-corrected chi connectivity index (χ4v) is 3.82. The maximum Gasteiger partial charge on any atom is 0.342 e. The number of fused-ring (bicyclic) bond motifs is 1. The molecule has 0 unspecified atom stereocenters. The number of likely N-dealkylation sites (N-methyl/N-ethyl adjacent to an activating group) is 1. The van der Waals surface area contributed by atoms with E-state index < -0.39 is 23.6 Å². The SMILES string of the molecule is CN1C(=O)[C@H](NC(=O)n2cc(Cc3ccc(F)nc3)cn2)CCc2ccc(C#CC(C)(C)O)cc21. The molecule has 8 nitrogen and oxygen atoms in total. The smallest absolute Gasteiger partial charge is 0.342 e. The molecule has 0 fully saturated rings. The maximum absolute atomic E-state index is 13.1. The van der Waals surface area contributed by atoms with Gasteiger partial charge in [0.2, 0.25) is 11.9 Å². The molecule has 0 spiro atoms. The zero-order chi connectivity index (χ0) is 25.2. The van der Waals surface area contributed by atoms with Crippen molar-refractivity contribution in [2.75, 3.05) is 11.9 Å². The Labute approximate surface area is 202 Å². The summed E-state index contributed by atoms with van der Waals surface area (Å²) < 4.78 is 14.2. The molecule has 4 rings (SSSR count). The Morgan fingerprint density at radius 1 is 1.26 bits per heavy atom. The highest BCUT2D eigenvalue weighted by atomic mass is 19.1. The first-order valence-electron chi connectivity index (χ1n) is 11.2. The molecule has 2 aromatic heterocycles. The lowest BCUT2D eigenvalue weighted by molar-refractivity contribution is -0.120. The van der Waals surface area contributed by atoms with Crippen LogP contribution in [0.1, 0.15) is 42.5 Å². The van der Waals surface area contributed by atoms with Crippen LogP contribution < -0.4 is 10.2 Å². The van der Waals surface area contributed by atoms with Crippen LogP contribution in [0.4, 0.5) is 14.9 Å². The van der Waals surface area contributed by atoms with Crippen molar-refractivity contribution < 1.29 is 19.1 Å². The highest BCUT2D eigenvalue weighted by Gasteiger charge is 2.30. The minimum Gasteiger partial charge on any atom is -0.378 e. The molecule has 1 atom stereocenters. The molecule has 1 aliphatic rings. The minimum absolute atomic E-state index is 0.241. The van der Waals surface area contributed by atoms with Gasteiger partial charge in [0.1, 0.15) is 11.6 Å². The van der Waals surface area contributed by atoms with E-state index in [-0.39, 0.29) is 5.91 Å². The van der Waals surface area contributed by atoms with Crippen molar-refractivity contribution in [1.29, 1.82) is 0 Å². The normalized spacial score (nSPS) is 15.6. The number of carbonyl (C=O) groups is 2. The third kappa shape index (κ3) is 5.91. The van der Waals surface area contributed by atoms with Crippen LogP contribution in [0.3, 0.4) is 0 Å². The van der Waals surface area contributed by atoms with Crippen LogP contribution in [0.25, 0.3) is 0 Å². The molecular weight excluding hydrogens is 449 g/mol. The average Bonchev–Trinajstić information content (AvgIpc) is 3.25. The number of pyridine rings is 1. The number of amides is 2. The summed E-state index contributed by atoms with van der Waals surface area (Å²) in [6.45, 7) is 3.21. The van der Waals surface area contributed by atoms with Gasteiger partial charge in [0.05, 0.1) is 6.20 Å². The van der Waals surface area contributed by atoms with Crippen molar-refractivity contribution >= 4 is 17.6 Å². The number of aromatic nitrogens is 3. The molecule has 0 bridgehead atoms. The lowest BCUT2D eigenvalue weighted by atomic mass is 10.0. The highest BCUT2D eigenvalue weighted by Crippen LogP contribution is 2.27. The molecule has 1 aliphatic heterocycles. The summed E-state index contributed by atoms with van der Waals surface area (Å²) in [7, 11) is 1.67. The monoisotopic (exact) mass is 475 g/mol. The van der Waals surface area contributed by atoms with Gasteiger partial charge in [-0.1, -0.05) is 24.0 Å². The van der Waals surface area contributed by atoms with Crippen LogP contribution in [-0.2, 0) is 17.6 Å². The lowest BCUT2D eigenvalue weighted by Crippen LogP contribution is -2.48. The fraction of sp³-hybridized carbons (Fsp3) is 0.308. The number of aryl methyl sites for hydroxylation is 1. The number of aliphatic hydroxyl groups is 1. The van der Waals surface area contributed by atoms with Crippen molar-refractivity contribution in [2.45, 2.75) is 44.8 Å². The summed E-state index contributed by atoms with van der Waals surface area (Å²) in [5.74, 6) is 4.92. The molecule has 2 N–H and O–H groups in total. The quantitative estimate of drug-likeness (QED) is 0.448. The molecule has 180 valence electrons. The second kappa shape index (κ2) is 9.68. The molecule has 2 amide bonds. The molecule has 0 saturated carbocycles. The van der Waals surface area contributed by atoms with Crippen LogP contribution >= 0.6 is 0 Å². The van der Waals surface area contributed by atoms with Crippen LogP contribution in [0.5, 0.6) is 0 Å². The van der Waals surface area contributed by atoms with E-state index in [9.17, 15) is 19.1 Å². The van der Waals surface area contributed by atoms with Crippen molar-refractivity contribution in [1.82, 2.24) is 20.1 Å². The van der Waals surface area contributed by atoms with Gasteiger partial charge in [-0.25, -0.2) is 9.78 Å². The third-order valence-corrected chi connectivity index (χ3v) is 5.63. The van der Waals surface area contributed by atoms with Gasteiger partial charge in [0.25, 0.3) is 0 Å². The number of nitrogens with zero attached hydrogens (tertiary/aromatic N) is 4. The van der Waals surface area contributed by atoms with E-state index >= 15 is 0 Å². The first kappa shape index (κ1) is 24.1. The largest absolute Gasteiger partial charge is 0.378 e. The average molecular weight is 476 g/mol. The Kier molecular flexibility index (Phi) is 6.67. The number of benzene rings is 1. The summed E-state index contributed by atoms with van der Waals surface area (Å²) >= 11 is 0. The second-order valence-corrected chi connectivity index (χ2v) is 9.05. The number of nitrogens with one attached hydrogen (secondary N) is 1. The first-order chi connectivity index (χ1) is 16.6. The molecule has 3 heterocycles. The van der Waals surface area contributed by atoms with Crippen molar-refractivity contribution in [3.8, 4) is 11.8 Å². The van der Waals surface area contributed by atoms with Gasteiger partial charge in [-0.15, -0.1) is 0 Å². The van der Waals surface area contributed by atoms with Gasteiger partial charge < -0.3 is 15.3 Å². The summed E-state index contributed by atoms with van der Waals surface area (Å²) in [6, 6.07) is 7.27. The van der Waals surface area contributed by atoms with E-state index in [1.165, 1.54) is 17.2 Å². The third-order valence-electron chi connectivity index (χ3n) is 5.63. The van der Waals surface area contributed by atoms with Gasteiger partial charge >= 0.3 is 6.03 Å². The topological polar surface area (TPSA) is 100 Å². The second-order valence-electron chi connectivity index (χ2n) is 9.05.